The predicted octanol–water partition coefficient (Wildman–Crippen LogP) is 2.88. The van der Waals surface area contributed by atoms with Crippen molar-refractivity contribution in [3.63, 3.8) is 0 Å². The molecule has 1 aliphatic carbocycles. The predicted molar refractivity (Wildman–Crippen MR) is 108 cm³/mol. The number of nitrogens with one attached hydrogen (secondary N) is 1. The molecule has 0 saturated carbocycles. The highest BCUT2D eigenvalue weighted by Gasteiger charge is 2.57. The highest BCUT2D eigenvalue weighted by molar-refractivity contribution is 6.72. The molecule has 1 aromatic carbocycles. The van der Waals surface area contributed by atoms with Crippen LogP contribution in [0, 0.1) is 5.92 Å². The standard InChI is InChI=1S/C21H29NO5Si/c1-20(2,28(3,4)25)12-16-17(23)10-11-21(13-18(24)27-19(16)21)22-26-14-15-8-6-5-7-9-15/h5-11,16,19,22,25H,12-14H2,1-4H3/t16-,19-,21+/m1/s1. The van der Waals surface area contributed by atoms with E-state index in [0.717, 1.165) is 5.56 Å². The Balaban J connectivity index is 1.79. The first-order valence-corrected chi connectivity index (χ1v) is 12.6. The molecule has 1 heterocycles. The molecule has 0 amide bonds. The van der Waals surface area contributed by atoms with Gasteiger partial charge in [-0.25, -0.2) is 0 Å². The van der Waals surface area contributed by atoms with Crippen LogP contribution in [-0.2, 0) is 25.8 Å². The van der Waals surface area contributed by atoms with E-state index in [4.69, 9.17) is 9.57 Å². The van der Waals surface area contributed by atoms with E-state index in [0.29, 0.717) is 13.0 Å². The average molecular weight is 404 g/mol. The number of rotatable bonds is 7. The molecule has 0 spiro atoms. The van der Waals surface area contributed by atoms with E-state index in [1.807, 2.05) is 57.3 Å². The number of esters is 1. The zero-order valence-electron chi connectivity index (χ0n) is 16.9. The van der Waals surface area contributed by atoms with Crippen LogP contribution in [0.2, 0.25) is 18.1 Å². The molecule has 152 valence electrons. The Morgan fingerprint density at radius 1 is 1.29 bits per heavy atom. The summed E-state index contributed by atoms with van der Waals surface area (Å²) in [4.78, 5) is 41.2. The van der Waals surface area contributed by atoms with E-state index >= 15 is 0 Å². The molecule has 1 aliphatic heterocycles. The van der Waals surface area contributed by atoms with Crippen molar-refractivity contribution < 1.29 is 24.0 Å². The van der Waals surface area contributed by atoms with Crippen molar-refractivity contribution in [1.82, 2.24) is 5.48 Å². The molecule has 1 aromatic rings. The monoisotopic (exact) mass is 403 g/mol. The molecular formula is C21H29NO5Si. The van der Waals surface area contributed by atoms with Crippen molar-refractivity contribution >= 4 is 20.1 Å². The first-order valence-electron chi connectivity index (χ1n) is 9.62. The third-order valence-electron chi connectivity index (χ3n) is 6.21. The van der Waals surface area contributed by atoms with E-state index in [-0.39, 0.29) is 18.2 Å². The van der Waals surface area contributed by atoms with Gasteiger partial charge < -0.3 is 9.53 Å². The minimum absolute atomic E-state index is 0.0773. The second kappa shape index (κ2) is 7.55. The molecule has 0 aromatic heterocycles. The molecule has 2 aliphatic rings. The molecule has 6 nitrogen and oxygen atoms in total. The van der Waals surface area contributed by atoms with Gasteiger partial charge in [0.15, 0.2) is 14.1 Å². The molecule has 0 unspecified atom stereocenters. The highest BCUT2D eigenvalue weighted by Crippen LogP contribution is 2.47. The van der Waals surface area contributed by atoms with Gasteiger partial charge in [-0.1, -0.05) is 50.3 Å². The molecule has 1 saturated heterocycles. The maximum Gasteiger partial charge on any atom is 0.308 e. The van der Waals surface area contributed by atoms with Crippen LogP contribution < -0.4 is 5.48 Å². The quantitative estimate of drug-likeness (QED) is 0.414. The summed E-state index contributed by atoms with van der Waals surface area (Å²) in [6.07, 6.45) is 3.12. The molecule has 28 heavy (non-hydrogen) atoms. The number of hydrogen-bond acceptors (Lipinski definition) is 6. The van der Waals surface area contributed by atoms with Gasteiger partial charge in [-0.3, -0.25) is 14.4 Å². The molecule has 0 radical (unpaired) electrons. The summed E-state index contributed by atoms with van der Waals surface area (Å²) in [6, 6.07) is 9.70. The van der Waals surface area contributed by atoms with Gasteiger partial charge >= 0.3 is 5.97 Å². The lowest BCUT2D eigenvalue weighted by Crippen LogP contribution is -2.57. The molecule has 3 rings (SSSR count). The van der Waals surface area contributed by atoms with Crippen LogP contribution in [-0.4, -0.2) is 36.5 Å². The summed E-state index contributed by atoms with van der Waals surface area (Å²) in [6.45, 7) is 8.01. The van der Waals surface area contributed by atoms with Gasteiger partial charge in [0.2, 0.25) is 0 Å². The number of fused-ring (bicyclic) bond motifs is 1. The van der Waals surface area contributed by atoms with Crippen molar-refractivity contribution in [2.24, 2.45) is 5.92 Å². The summed E-state index contributed by atoms with van der Waals surface area (Å²) in [5.41, 5.74) is 3.14. The second-order valence-corrected chi connectivity index (χ2v) is 13.5. The number of carbonyl (C=O) groups is 2. The average Bonchev–Trinajstić information content (AvgIpc) is 2.94. The third-order valence-corrected chi connectivity index (χ3v) is 9.73. The van der Waals surface area contributed by atoms with Gasteiger partial charge in [0.05, 0.1) is 18.9 Å². The Morgan fingerprint density at radius 3 is 2.61 bits per heavy atom. The number of benzene rings is 1. The topological polar surface area (TPSA) is 84.9 Å². The Morgan fingerprint density at radius 2 is 1.96 bits per heavy atom. The van der Waals surface area contributed by atoms with Crippen LogP contribution in [0.3, 0.4) is 0 Å². The zero-order chi connectivity index (χ0) is 20.6. The Bertz CT molecular complexity index is 771. The Kier molecular flexibility index (Phi) is 5.64. The highest BCUT2D eigenvalue weighted by atomic mass is 28.4. The summed E-state index contributed by atoms with van der Waals surface area (Å²) in [5.74, 6) is -0.951. The largest absolute Gasteiger partial charge is 0.459 e. The normalized spacial score (nSPS) is 27.6. The molecule has 2 N–H and O–H groups in total. The fraction of sp³-hybridized carbons (Fsp3) is 0.524. The van der Waals surface area contributed by atoms with Gasteiger partial charge in [-0.05, 0) is 36.2 Å². The minimum Gasteiger partial charge on any atom is -0.459 e. The van der Waals surface area contributed by atoms with E-state index in [9.17, 15) is 14.4 Å². The van der Waals surface area contributed by atoms with Crippen molar-refractivity contribution in [2.75, 3.05) is 0 Å². The Labute approximate surface area is 167 Å². The smallest absolute Gasteiger partial charge is 0.308 e. The van der Waals surface area contributed by atoms with Gasteiger partial charge in [0, 0.05) is 0 Å². The number of ether oxygens (including phenoxy) is 1. The SMILES string of the molecule is CC(C)(C[C@@H]1C(=O)C=C[C@]2(NOCc3ccccc3)CC(=O)O[C@H]12)[Si](C)(C)O. The lowest BCUT2D eigenvalue weighted by Gasteiger charge is -2.42. The van der Waals surface area contributed by atoms with Gasteiger partial charge in [0.25, 0.3) is 0 Å². The molecule has 3 atom stereocenters. The van der Waals surface area contributed by atoms with Crippen LogP contribution in [0.25, 0.3) is 0 Å². The van der Waals surface area contributed by atoms with Crippen molar-refractivity contribution in [3.8, 4) is 0 Å². The van der Waals surface area contributed by atoms with Crippen molar-refractivity contribution in [1.29, 1.82) is 0 Å². The molecule has 0 bridgehead atoms. The van der Waals surface area contributed by atoms with Crippen LogP contribution in [0.4, 0.5) is 0 Å². The van der Waals surface area contributed by atoms with E-state index in [2.05, 4.69) is 5.48 Å². The summed E-state index contributed by atoms with van der Waals surface area (Å²) in [7, 11) is -2.52. The van der Waals surface area contributed by atoms with Crippen LogP contribution in [0.15, 0.2) is 42.5 Å². The van der Waals surface area contributed by atoms with Gasteiger partial charge in [0.1, 0.15) is 11.6 Å². The maximum atomic E-state index is 12.7. The first-order chi connectivity index (χ1) is 13.0. The lowest BCUT2D eigenvalue weighted by molar-refractivity contribution is -0.147. The number of ketones is 1. The summed E-state index contributed by atoms with van der Waals surface area (Å²) in [5, 5.41) is -0.413. The van der Waals surface area contributed by atoms with Crippen LogP contribution >= 0.6 is 0 Å². The minimum atomic E-state index is -2.52. The molecule has 1 fully saturated rings. The zero-order valence-corrected chi connectivity index (χ0v) is 17.9. The van der Waals surface area contributed by atoms with Crippen LogP contribution in [0.5, 0.6) is 0 Å². The third kappa shape index (κ3) is 4.12. The number of allylic oxidation sites excluding steroid dienone is 1. The molecule has 7 heteroatoms. The molecular weight excluding hydrogens is 374 g/mol. The van der Waals surface area contributed by atoms with Crippen molar-refractivity contribution in [3.05, 3.63) is 48.0 Å². The number of hydroxylamine groups is 1. The van der Waals surface area contributed by atoms with E-state index < -0.39 is 30.9 Å². The van der Waals surface area contributed by atoms with E-state index in [1.54, 1.807) is 6.08 Å². The fourth-order valence-corrected chi connectivity index (χ4v) is 4.41. The maximum absolute atomic E-state index is 12.7. The van der Waals surface area contributed by atoms with Crippen LogP contribution in [0.1, 0.15) is 32.3 Å². The van der Waals surface area contributed by atoms with E-state index in [1.165, 1.54) is 6.08 Å². The first kappa shape index (κ1) is 20.9. The summed E-state index contributed by atoms with van der Waals surface area (Å²) >= 11 is 0. The lowest BCUT2D eigenvalue weighted by atomic mass is 9.74. The van der Waals surface area contributed by atoms with Gasteiger partial charge in [-0.2, -0.15) is 5.48 Å². The number of hydrogen-bond donors (Lipinski definition) is 2. The van der Waals surface area contributed by atoms with Crippen molar-refractivity contribution in [2.45, 2.75) is 63.1 Å². The second-order valence-electron chi connectivity index (χ2n) is 8.99. The fourth-order valence-electron chi connectivity index (χ4n) is 3.69. The van der Waals surface area contributed by atoms with Gasteiger partial charge in [-0.15, -0.1) is 0 Å². The summed E-state index contributed by atoms with van der Waals surface area (Å²) < 4.78 is 5.59. The Hall–Kier alpha value is -1.80. The number of carbonyl (C=O) groups excluding carboxylic acids is 2.